The Bertz CT molecular complexity index is 1060. The first-order chi connectivity index (χ1) is 16.6. The number of rotatable bonds is 10. The fourth-order valence-corrected chi connectivity index (χ4v) is 4.28. The van der Waals surface area contributed by atoms with E-state index in [9.17, 15) is 14.4 Å². The molecule has 1 aliphatic heterocycles. The van der Waals surface area contributed by atoms with E-state index in [1.165, 1.54) is 24.7 Å². The van der Waals surface area contributed by atoms with E-state index in [-0.39, 0.29) is 24.7 Å². The highest BCUT2D eigenvalue weighted by molar-refractivity contribution is 7.14. The third-order valence-electron chi connectivity index (χ3n) is 4.98. The summed E-state index contributed by atoms with van der Waals surface area (Å²) in [5, 5.41) is 2.87. The number of esters is 2. The van der Waals surface area contributed by atoms with Gasteiger partial charge in [0.1, 0.15) is 17.9 Å². The van der Waals surface area contributed by atoms with Crippen LogP contribution in [-0.4, -0.2) is 42.9 Å². The van der Waals surface area contributed by atoms with E-state index >= 15 is 0 Å². The highest BCUT2D eigenvalue weighted by atomic mass is 32.1. The molecule has 2 heterocycles. The Kier molecular flexibility index (Phi) is 8.92. The fourth-order valence-electron chi connectivity index (χ4n) is 3.37. The number of nitrogens with one attached hydrogen (secondary N) is 1. The van der Waals surface area contributed by atoms with Crippen LogP contribution >= 0.6 is 11.3 Å². The van der Waals surface area contributed by atoms with Gasteiger partial charge in [-0.05, 0) is 44.9 Å². The maximum absolute atomic E-state index is 13.0. The van der Waals surface area contributed by atoms with Crippen LogP contribution in [0.3, 0.4) is 0 Å². The minimum atomic E-state index is -0.765. The monoisotopic (exact) mass is 501 g/mol. The van der Waals surface area contributed by atoms with E-state index in [4.69, 9.17) is 14.2 Å². The Morgan fingerprint density at radius 3 is 2.51 bits per heavy atom. The van der Waals surface area contributed by atoms with Gasteiger partial charge in [0, 0.05) is 11.3 Å². The lowest BCUT2D eigenvalue weighted by atomic mass is 10.1. The fraction of sp³-hybridized carbons (Fsp3) is 0.423. The Labute approximate surface area is 209 Å². The van der Waals surface area contributed by atoms with E-state index in [2.05, 4.69) is 10.1 Å². The van der Waals surface area contributed by atoms with Crippen molar-refractivity contribution >= 4 is 29.2 Å². The molecule has 0 saturated carbocycles. The van der Waals surface area contributed by atoms with Crippen LogP contribution < -0.4 is 5.32 Å². The number of aryl methyl sites for hydroxylation is 1. The third kappa shape index (κ3) is 8.43. The number of thiophene rings is 1. The van der Waals surface area contributed by atoms with Gasteiger partial charge in [-0.25, -0.2) is 0 Å². The number of ether oxygens (including phenoxy) is 4. The molecule has 0 saturated heterocycles. The van der Waals surface area contributed by atoms with Crippen LogP contribution in [0.25, 0.3) is 0 Å². The van der Waals surface area contributed by atoms with Gasteiger partial charge in [-0.15, -0.1) is 11.3 Å². The summed E-state index contributed by atoms with van der Waals surface area (Å²) in [7, 11) is 1.34. The van der Waals surface area contributed by atoms with Gasteiger partial charge in [0.05, 0.1) is 24.8 Å². The second kappa shape index (κ2) is 11.9. The quantitative estimate of drug-likeness (QED) is 0.489. The Morgan fingerprint density at radius 2 is 1.83 bits per heavy atom. The van der Waals surface area contributed by atoms with Crippen molar-refractivity contribution in [3.63, 3.8) is 0 Å². The van der Waals surface area contributed by atoms with Crippen molar-refractivity contribution < 1.29 is 33.3 Å². The first kappa shape index (κ1) is 26.3. The Hall–Kier alpha value is -3.33. The number of carbonyl (C=O) groups is 3. The van der Waals surface area contributed by atoms with Crippen molar-refractivity contribution in [3.05, 3.63) is 69.8 Å². The van der Waals surface area contributed by atoms with E-state index in [0.717, 1.165) is 10.4 Å². The SMILES string of the molecule is COC(=O)CCc1ccc(C(=O)N[C@@H](CC(=O)OC(C)(C)C)C2=COC(Cc3ccccc3)O2)s1. The highest BCUT2D eigenvalue weighted by Gasteiger charge is 2.31. The summed E-state index contributed by atoms with van der Waals surface area (Å²) in [6, 6.07) is 12.5. The molecule has 1 aromatic carbocycles. The zero-order chi connectivity index (χ0) is 25.4. The molecule has 1 aliphatic rings. The van der Waals surface area contributed by atoms with Crippen molar-refractivity contribution in [1.82, 2.24) is 5.32 Å². The van der Waals surface area contributed by atoms with Crippen LogP contribution in [0, 0.1) is 0 Å². The summed E-state index contributed by atoms with van der Waals surface area (Å²) < 4.78 is 21.7. The van der Waals surface area contributed by atoms with Crippen LogP contribution in [0.1, 0.15) is 53.7 Å². The number of hydrogen-bond donors (Lipinski definition) is 1. The molecule has 9 heteroatoms. The van der Waals surface area contributed by atoms with Crippen molar-refractivity contribution in [2.45, 2.75) is 64.4 Å². The molecule has 0 radical (unpaired) electrons. The van der Waals surface area contributed by atoms with Crippen molar-refractivity contribution in [3.8, 4) is 0 Å². The van der Waals surface area contributed by atoms with Gasteiger partial charge in [0.15, 0.2) is 5.76 Å². The molecular weight excluding hydrogens is 470 g/mol. The van der Waals surface area contributed by atoms with E-state index in [0.29, 0.717) is 23.5 Å². The van der Waals surface area contributed by atoms with E-state index in [1.54, 1.807) is 32.9 Å². The smallest absolute Gasteiger partial charge is 0.308 e. The number of benzene rings is 1. The number of methoxy groups -OCH3 is 1. The molecule has 188 valence electrons. The largest absolute Gasteiger partial charge is 0.469 e. The maximum atomic E-state index is 13.0. The minimum Gasteiger partial charge on any atom is -0.469 e. The minimum absolute atomic E-state index is 0.114. The topological polar surface area (TPSA) is 100 Å². The van der Waals surface area contributed by atoms with Crippen molar-refractivity contribution in [1.29, 1.82) is 0 Å². The lowest BCUT2D eigenvalue weighted by Crippen LogP contribution is -2.39. The van der Waals surface area contributed by atoms with Crippen molar-refractivity contribution in [2.75, 3.05) is 7.11 Å². The van der Waals surface area contributed by atoms with E-state index < -0.39 is 23.9 Å². The first-order valence-corrected chi connectivity index (χ1v) is 12.2. The molecule has 0 fully saturated rings. The molecule has 3 rings (SSSR count). The number of hydrogen-bond acceptors (Lipinski definition) is 8. The first-order valence-electron chi connectivity index (χ1n) is 11.4. The predicted octanol–water partition coefficient (Wildman–Crippen LogP) is 4.14. The zero-order valence-corrected chi connectivity index (χ0v) is 21.2. The van der Waals surface area contributed by atoms with Crippen LogP contribution in [0.15, 0.2) is 54.5 Å². The lowest BCUT2D eigenvalue weighted by Gasteiger charge is -2.23. The number of amides is 1. The summed E-state index contributed by atoms with van der Waals surface area (Å²) in [6.07, 6.45) is 2.01. The molecule has 0 spiro atoms. The summed E-state index contributed by atoms with van der Waals surface area (Å²) in [6.45, 7) is 5.35. The average Bonchev–Trinajstić information content (AvgIpc) is 3.46. The van der Waals surface area contributed by atoms with Crippen LogP contribution in [0.4, 0.5) is 0 Å². The summed E-state index contributed by atoms with van der Waals surface area (Å²) in [5.41, 5.74) is 0.378. The average molecular weight is 502 g/mol. The molecule has 0 aliphatic carbocycles. The van der Waals surface area contributed by atoms with Gasteiger partial charge in [0.2, 0.25) is 6.29 Å². The van der Waals surface area contributed by atoms with Gasteiger partial charge >= 0.3 is 11.9 Å². The van der Waals surface area contributed by atoms with Gasteiger partial charge in [0.25, 0.3) is 5.91 Å². The summed E-state index contributed by atoms with van der Waals surface area (Å²) >= 11 is 1.28. The maximum Gasteiger partial charge on any atom is 0.308 e. The standard InChI is InChI=1S/C26H31NO7S/c1-26(2,3)34-23(29)15-19(20-16-32-24(33-20)14-17-8-6-5-7-9-17)27-25(30)21-12-10-18(35-21)11-13-22(28)31-4/h5-10,12,16,19,24H,11,13-15H2,1-4H3,(H,27,30)/t19-,24?/m0/s1. The molecule has 8 nitrogen and oxygen atoms in total. The van der Waals surface area contributed by atoms with E-state index in [1.807, 2.05) is 30.3 Å². The second-order valence-electron chi connectivity index (χ2n) is 9.05. The predicted molar refractivity (Wildman–Crippen MR) is 131 cm³/mol. The molecule has 1 unspecified atom stereocenters. The lowest BCUT2D eigenvalue weighted by molar-refractivity contribution is -0.155. The summed E-state index contributed by atoms with van der Waals surface area (Å²) in [5.74, 6) is -0.780. The molecular formula is C26H31NO7S. The highest BCUT2D eigenvalue weighted by Crippen LogP contribution is 2.25. The zero-order valence-electron chi connectivity index (χ0n) is 20.4. The normalized spacial score (nSPS) is 15.9. The third-order valence-corrected chi connectivity index (χ3v) is 6.12. The Balaban J connectivity index is 1.66. The van der Waals surface area contributed by atoms with Crippen LogP contribution in [-0.2, 0) is 41.4 Å². The van der Waals surface area contributed by atoms with Crippen LogP contribution in [0.2, 0.25) is 0 Å². The summed E-state index contributed by atoms with van der Waals surface area (Å²) in [4.78, 5) is 38.3. The molecule has 0 bridgehead atoms. The second-order valence-corrected chi connectivity index (χ2v) is 10.2. The Morgan fingerprint density at radius 1 is 1.09 bits per heavy atom. The van der Waals surface area contributed by atoms with Gasteiger partial charge in [-0.2, -0.15) is 0 Å². The molecule has 1 N–H and O–H groups in total. The molecule has 2 atom stereocenters. The molecule has 35 heavy (non-hydrogen) atoms. The van der Waals surface area contributed by atoms with Gasteiger partial charge < -0.3 is 24.3 Å². The molecule has 2 aromatic rings. The van der Waals surface area contributed by atoms with Gasteiger partial charge in [-0.3, -0.25) is 14.4 Å². The van der Waals surface area contributed by atoms with Crippen LogP contribution in [0.5, 0.6) is 0 Å². The van der Waals surface area contributed by atoms with Gasteiger partial charge in [-0.1, -0.05) is 30.3 Å². The van der Waals surface area contributed by atoms with Crippen molar-refractivity contribution in [2.24, 2.45) is 0 Å². The molecule has 1 aromatic heterocycles. The number of carbonyl (C=O) groups excluding carboxylic acids is 3. The molecule has 1 amide bonds.